The van der Waals surface area contributed by atoms with Crippen molar-refractivity contribution < 1.29 is 4.39 Å². The van der Waals surface area contributed by atoms with Gasteiger partial charge in [-0.3, -0.25) is 9.36 Å². The van der Waals surface area contributed by atoms with Gasteiger partial charge in [0.05, 0.1) is 42.0 Å². The fraction of sp³-hybridized carbons (Fsp3) is 0.174. The van der Waals surface area contributed by atoms with Crippen LogP contribution >= 0.6 is 12.2 Å². The average Bonchev–Trinajstić information content (AvgIpc) is 3.29. The number of aromatic nitrogens is 4. The van der Waals surface area contributed by atoms with Gasteiger partial charge in [-0.2, -0.15) is 10.2 Å². The van der Waals surface area contributed by atoms with Gasteiger partial charge in [-0.1, -0.05) is 42.5 Å². The summed E-state index contributed by atoms with van der Waals surface area (Å²) in [6.45, 7) is 5.23. The van der Waals surface area contributed by atoms with Gasteiger partial charge < -0.3 is 10.6 Å². The lowest BCUT2D eigenvalue weighted by molar-refractivity contribution is 0.624. The highest BCUT2D eigenvalue weighted by atomic mass is 32.1. The first-order chi connectivity index (χ1) is 15.0. The van der Waals surface area contributed by atoms with E-state index in [2.05, 4.69) is 33.0 Å². The number of benzene rings is 2. The maximum Gasteiger partial charge on any atom is 0.175 e. The number of halogens is 1. The average molecular weight is 435 g/mol. The lowest BCUT2D eigenvalue weighted by atomic mass is 10.2. The molecule has 0 aliphatic carbocycles. The van der Waals surface area contributed by atoms with Crippen LogP contribution in [0.15, 0.2) is 67.0 Å². The maximum absolute atomic E-state index is 13.1. The van der Waals surface area contributed by atoms with Crippen LogP contribution in [0.5, 0.6) is 0 Å². The lowest BCUT2D eigenvalue weighted by Crippen LogP contribution is -2.19. The molecular weight excluding hydrogens is 411 g/mol. The van der Waals surface area contributed by atoms with Crippen LogP contribution < -0.4 is 10.6 Å². The number of thiocarbonyl (C=S) groups is 1. The molecule has 158 valence electrons. The second kappa shape index (κ2) is 9.09. The van der Waals surface area contributed by atoms with E-state index >= 15 is 0 Å². The van der Waals surface area contributed by atoms with Gasteiger partial charge >= 0.3 is 0 Å². The topological polar surface area (TPSA) is 59.7 Å². The largest absolute Gasteiger partial charge is 0.330 e. The van der Waals surface area contributed by atoms with E-state index in [0.717, 1.165) is 28.3 Å². The predicted molar refractivity (Wildman–Crippen MR) is 125 cm³/mol. The van der Waals surface area contributed by atoms with E-state index in [-0.39, 0.29) is 5.82 Å². The Morgan fingerprint density at radius 3 is 2.42 bits per heavy atom. The molecule has 2 aromatic heterocycles. The van der Waals surface area contributed by atoms with E-state index in [9.17, 15) is 4.39 Å². The van der Waals surface area contributed by atoms with Crippen LogP contribution in [0.4, 0.5) is 15.8 Å². The molecule has 2 aromatic carbocycles. The lowest BCUT2D eigenvalue weighted by Gasteiger charge is -2.10. The van der Waals surface area contributed by atoms with E-state index in [1.807, 2.05) is 42.9 Å². The summed E-state index contributed by atoms with van der Waals surface area (Å²) in [5.41, 5.74) is 5.71. The molecule has 0 unspecified atom stereocenters. The molecule has 0 aliphatic rings. The molecule has 0 atom stereocenters. The van der Waals surface area contributed by atoms with Crippen LogP contribution in [0.3, 0.4) is 0 Å². The Hall–Kier alpha value is -3.52. The van der Waals surface area contributed by atoms with Crippen molar-refractivity contribution in [1.29, 1.82) is 0 Å². The molecule has 0 spiro atoms. The fourth-order valence-corrected chi connectivity index (χ4v) is 3.58. The summed E-state index contributed by atoms with van der Waals surface area (Å²) in [5.74, 6) is -0.249. The Balaban J connectivity index is 1.39. The van der Waals surface area contributed by atoms with Crippen molar-refractivity contribution in [3.05, 3.63) is 95.3 Å². The second-order valence-corrected chi connectivity index (χ2v) is 7.73. The molecule has 2 heterocycles. The van der Waals surface area contributed by atoms with Crippen molar-refractivity contribution in [2.24, 2.45) is 0 Å². The minimum absolute atomic E-state index is 0.249. The molecule has 0 amide bonds. The molecule has 0 aliphatic heterocycles. The molecule has 2 N–H and O–H groups in total. The second-order valence-electron chi connectivity index (χ2n) is 7.32. The first-order valence-electron chi connectivity index (χ1n) is 9.91. The van der Waals surface area contributed by atoms with Crippen molar-refractivity contribution in [2.75, 3.05) is 10.6 Å². The summed E-state index contributed by atoms with van der Waals surface area (Å²) >= 11 is 5.49. The Bertz CT molecular complexity index is 1180. The van der Waals surface area contributed by atoms with Gasteiger partial charge in [0.25, 0.3) is 0 Å². The van der Waals surface area contributed by atoms with Gasteiger partial charge in [-0.25, -0.2) is 4.39 Å². The smallest absolute Gasteiger partial charge is 0.175 e. The Morgan fingerprint density at radius 1 is 0.968 bits per heavy atom. The Labute approximate surface area is 185 Å². The van der Waals surface area contributed by atoms with Crippen molar-refractivity contribution in [2.45, 2.75) is 26.9 Å². The molecule has 4 rings (SSSR count). The van der Waals surface area contributed by atoms with Crippen LogP contribution in [0.2, 0.25) is 0 Å². The van der Waals surface area contributed by atoms with Crippen LogP contribution in [-0.2, 0) is 13.1 Å². The van der Waals surface area contributed by atoms with E-state index in [1.54, 1.807) is 23.0 Å². The van der Waals surface area contributed by atoms with Gasteiger partial charge in [-0.05, 0) is 49.3 Å². The van der Waals surface area contributed by atoms with E-state index in [4.69, 9.17) is 12.2 Å². The summed E-state index contributed by atoms with van der Waals surface area (Å²) in [5, 5.41) is 15.9. The molecule has 0 bridgehead atoms. The first-order valence-corrected chi connectivity index (χ1v) is 10.3. The fourth-order valence-electron chi connectivity index (χ4n) is 3.36. The van der Waals surface area contributed by atoms with Gasteiger partial charge in [0, 0.05) is 6.20 Å². The molecule has 0 saturated heterocycles. The van der Waals surface area contributed by atoms with Crippen LogP contribution in [0, 0.1) is 19.7 Å². The number of hydrogen-bond acceptors (Lipinski definition) is 3. The third kappa shape index (κ3) is 5.16. The summed E-state index contributed by atoms with van der Waals surface area (Å²) < 4.78 is 16.8. The Morgan fingerprint density at radius 2 is 1.68 bits per heavy atom. The Kier molecular flexibility index (Phi) is 6.08. The molecule has 31 heavy (non-hydrogen) atoms. The molecule has 8 heteroatoms. The highest BCUT2D eigenvalue weighted by Crippen LogP contribution is 2.21. The standard InChI is InChI=1S/C23H23FN6S/c1-16-22(17(2)30(28-16)14-18-6-4-3-5-7-18)27-23(31)26-21-12-25-29(15-21)13-19-8-10-20(24)11-9-19/h3-12,15H,13-14H2,1-2H3,(H2,26,27,31). The molecular formula is C23H23FN6S. The highest BCUT2D eigenvalue weighted by molar-refractivity contribution is 7.80. The first kappa shape index (κ1) is 20.7. The quantitative estimate of drug-likeness (QED) is 0.429. The predicted octanol–water partition coefficient (Wildman–Crippen LogP) is 4.74. The SMILES string of the molecule is Cc1nn(Cc2ccccc2)c(C)c1NC(=S)Nc1cnn(Cc2ccc(F)cc2)c1. The van der Waals surface area contributed by atoms with Gasteiger partial charge in [0.1, 0.15) is 5.82 Å². The van der Waals surface area contributed by atoms with Crippen molar-refractivity contribution in [3.8, 4) is 0 Å². The van der Waals surface area contributed by atoms with Crippen LogP contribution in [0.25, 0.3) is 0 Å². The number of rotatable bonds is 6. The molecule has 0 saturated carbocycles. The van der Waals surface area contributed by atoms with E-state index in [0.29, 0.717) is 18.2 Å². The number of nitrogens with one attached hydrogen (secondary N) is 2. The number of hydrogen-bond donors (Lipinski definition) is 2. The van der Waals surface area contributed by atoms with Crippen LogP contribution in [-0.4, -0.2) is 24.7 Å². The van der Waals surface area contributed by atoms with Gasteiger partial charge in [0.15, 0.2) is 5.11 Å². The maximum atomic E-state index is 13.1. The molecule has 4 aromatic rings. The molecule has 0 fully saturated rings. The van der Waals surface area contributed by atoms with E-state index in [1.165, 1.54) is 17.7 Å². The van der Waals surface area contributed by atoms with Crippen molar-refractivity contribution >= 4 is 28.7 Å². The van der Waals surface area contributed by atoms with E-state index < -0.39 is 0 Å². The summed E-state index contributed by atoms with van der Waals surface area (Å²) in [6, 6.07) is 16.6. The highest BCUT2D eigenvalue weighted by Gasteiger charge is 2.13. The van der Waals surface area contributed by atoms with Crippen molar-refractivity contribution in [3.63, 3.8) is 0 Å². The summed E-state index contributed by atoms with van der Waals surface area (Å²) in [7, 11) is 0. The molecule has 0 radical (unpaired) electrons. The third-order valence-electron chi connectivity index (χ3n) is 4.94. The number of anilines is 2. The zero-order valence-electron chi connectivity index (χ0n) is 17.3. The normalized spacial score (nSPS) is 10.8. The molecule has 6 nitrogen and oxygen atoms in total. The minimum Gasteiger partial charge on any atom is -0.330 e. The minimum atomic E-state index is -0.249. The zero-order chi connectivity index (χ0) is 21.8. The van der Waals surface area contributed by atoms with Crippen molar-refractivity contribution in [1.82, 2.24) is 19.6 Å². The van der Waals surface area contributed by atoms with Gasteiger partial charge in [-0.15, -0.1) is 0 Å². The zero-order valence-corrected chi connectivity index (χ0v) is 18.2. The third-order valence-corrected chi connectivity index (χ3v) is 5.15. The number of nitrogens with zero attached hydrogens (tertiary/aromatic N) is 4. The van der Waals surface area contributed by atoms with Gasteiger partial charge in [0.2, 0.25) is 0 Å². The monoisotopic (exact) mass is 434 g/mol. The summed E-state index contributed by atoms with van der Waals surface area (Å²) in [4.78, 5) is 0. The summed E-state index contributed by atoms with van der Waals surface area (Å²) in [6.07, 6.45) is 3.56. The number of aryl methyl sites for hydroxylation is 1. The van der Waals surface area contributed by atoms with Crippen LogP contribution in [0.1, 0.15) is 22.5 Å².